The van der Waals surface area contributed by atoms with Gasteiger partial charge in [0.1, 0.15) is 11.7 Å². The van der Waals surface area contributed by atoms with Crippen LogP contribution in [0, 0.1) is 23.2 Å². The van der Waals surface area contributed by atoms with Gasteiger partial charge in [0.2, 0.25) is 5.91 Å². The Balaban J connectivity index is 1.52. The third-order valence-electron chi connectivity index (χ3n) is 5.92. The molecule has 0 radical (unpaired) electrons. The first-order valence-electron chi connectivity index (χ1n) is 10.1. The zero-order chi connectivity index (χ0) is 22.1. The lowest BCUT2D eigenvalue weighted by molar-refractivity contribution is -0.144. The lowest BCUT2D eigenvalue weighted by Gasteiger charge is -2.39. The van der Waals surface area contributed by atoms with Gasteiger partial charge in [-0.15, -0.1) is 0 Å². The molecule has 10 heteroatoms. The molecule has 3 unspecified atom stereocenters. The summed E-state index contributed by atoms with van der Waals surface area (Å²) in [5.41, 5.74) is 6.42. The van der Waals surface area contributed by atoms with Gasteiger partial charge in [-0.1, -0.05) is 11.6 Å². The highest BCUT2D eigenvalue weighted by Crippen LogP contribution is 2.39. The molecule has 1 aliphatic heterocycles. The third kappa shape index (κ3) is 4.35. The Labute approximate surface area is 183 Å². The maximum atomic E-state index is 13.1. The summed E-state index contributed by atoms with van der Waals surface area (Å²) in [5, 5.41) is 17.9. The first kappa shape index (κ1) is 21.1. The first-order valence-corrected chi connectivity index (χ1v) is 10.5. The van der Waals surface area contributed by atoms with E-state index >= 15 is 0 Å². The van der Waals surface area contributed by atoms with Crippen LogP contribution < -0.4 is 11.1 Å². The molecule has 1 aromatic heterocycles. The normalized spacial score (nSPS) is 23.6. The SMILES string of the molecule is N#CC1CC(C(=O)N2CC(F)C2)CCC1n1cc(C(N)=O)c(Nc2ccc(Cl)cc2)n1. The summed E-state index contributed by atoms with van der Waals surface area (Å²) in [6.07, 6.45) is 2.08. The van der Waals surface area contributed by atoms with Crippen molar-refractivity contribution in [2.45, 2.75) is 31.5 Å². The van der Waals surface area contributed by atoms with Gasteiger partial charge < -0.3 is 16.0 Å². The van der Waals surface area contributed by atoms with Gasteiger partial charge in [0, 0.05) is 22.8 Å². The second-order valence-corrected chi connectivity index (χ2v) is 8.46. The molecule has 1 saturated carbocycles. The number of nitrogens with zero attached hydrogens (tertiary/aromatic N) is 4. The van der Waals surface area contributed by atoms with Crippen LogP contribution in [0.2, 0.25) is 5.02 Å². The molecule has 2 fully saturated rings. The van der Waals surface area contributed by atoms with Gasteiger partial charge in [0.05, 0.1) is 31.1 Å². The third-order valence-corrected chi connectivity index (χ3v) is 6.17. The van der Waals surface area contributed by atoms with Crippen LogP contribution in [0.4, 0.5) is 15.9 Å². The number of primary amides is 1. The molecule has 1 saturated heterocycles. The number of nitrogens with one attached hydrogen (secondary N) is 1. The average molecular weight is 445 g/mol. The van der Waals surface area contributed by atoms with E-state index in [0.29, 0.717) is 35.8 Å². The Morgan fingerprint density at radius 1 is 1.26 bits per heavy atom. The minimum absolute atomic E-state index is 0.0871. The molecule has 2 aliphatic rings. The van der Waals surface area contributed by atoms with Gasteiger partial charge in [-0.2, -0.15) is 10.4 Å². The predicted molar refractivity (Wildman–Crippen MR) is 112 cm³/mol. The van der Waals surface area contributed by atoms with Gasteiger partial charge >= 0.3 is 0 Å². The smallest absolute Gasteiger partial charge is 0.254 e. The van der Waals surface area contributed by atoms with Crippen molar-refractivity contribution in [2.75, 3.05) is 18.4 Å². The van der Waals surface area contributed by atoms with Crippen molar-refractivity contribution in [1.82, 2.24) is 14.7 Å². The van der Waals surface area contributed by atoms with E-state index in [0.717, 1.165) is 0 Å². The molecule has 4 rings (SSSR count). The summed E-state index contributed by atoms with van der Waals surface area (Å²) in [6, 6.07) is 8.90. The fourth-order valence-electron chi connectivity index (χ4n) is 4.20. The number of rotatable bonds is 5. The van der Waals surface area contributed by atoms with Gasteiger partial charge in [0.25, 0.3) is 5.91 Å². The molecule has 162 valence electrons. The van der Waals surface area contributed by atoms with E-state index in [9.17, 15) is 19.2 Å². The van der Waals surface area contributed by atoms with Crippen LogP contribution in [0.1, 0.15) is 35.7 Å². The molecule has 3 N–H and O–H groups in total. The first-order chi connectivity index (χ1) is 14.9. The Hall–Kier alpha value is -3.12. The zero-order valence-electron chi connectivity index (χ0n) is 16.7. The van der Waals surface area contributed by atoms with Crippen molar-refractivity contribution in [1.29, 1.82) is 5.26 Å². The quantitative estimate of drug-likeness (QED) is 0.735. The van der Waals surface area contributed by atoms with Crippen LogP contribution in [0.25, 0.3) is 0 Å². The minimum Gasteiger partial charge on any atom is -0.365 e. The fraction of sp³-hybridized carbons (Fsp3) is 0.429. The largest absolute Gasteiger partial charge is 0.365 e. The molecule has 1 aliphatic carbocycles. The molecular formula is C21H22ClFN6O2. The molecule has 2 aromatic rings. The van der Waals surface area contributed by atoms with Crippen LogP contribution in [0.5, 0.6) is 0 Å². The highest BCUT2D eigenvalue weighted by Gasteiger charge is 2.40. The predicted octanol–water partition coefficient (Wildman–Crippen LogP) is 3.04. The monoisotopic (exact) mass is 444 g/mol. The summed E-state index contributed by atoms with van der Waals surface area (Å²) in [6.45, 7) is 0.272. The molecule has 0 spiro atoms. The Kier molecular flexibility index (Phi) is 5.83. The van der Waals surface area contributed by atoms with Gasteiger partial charge in [-0.05, 0) is 43.5 Å². The number of halogens is 2. The highest BCUT2D eigenvalue weighted by atomic mass is 35.5. The van der Waals surface area contributed by atoms with E-state index in [1.54, 1.807) is 35.1 Å². The summed E-state index contributed by atoms with van der Waals surface area (Å²) >= 11 is 5.91. The van der Waals surface area contributed by atoms with E-state index < -0.39 is 18.0 Å². The highest BCUT2D eigenvalue weighted by molar-refractivity contribution is 6.30. The molecule has 2 heterocycles. The fourth-order valence-corrected chi connectivity index (χ4v) is 4.33. The van der Waals surface area contributed by atoms with Crippen molar-refractivity contribution in [2.24, 2.45) is 17.6 Å². The van der Waals surface area contributed by atoms with Crippen molar-refractivity contribution in [3.05, 3.63) is 41.0 Å². The van der Waals surface area contributed by atoms with Crippen LogP contribution in [-0.2, 0) is 4.79 Å². The average Bonchev–Trinajstić information content (AvgIpc) is 3.16. The van der Waals surface area contributed by atoms with E-state index in [2.05, 4.69) is 16.5 Å². The second kappa shape index (κ2) is 8.55. The summed E-state index contributed by atoms with van der Waals surface area (Å²) in [5.74, 6) is -1.20. The molecule has 31 heavy (non-hydrogen) atoms. The van der Waals surface area contributed by atoms with Gasteiger partial charge in [-0.25, -0.2) is 4.39 Å². The lowest BCUT2D eigenvalue weighted by atomic mass is 9.77. The maximum Gasteiger partial charge on any atom is 0.254 e. The molecule has 3 atom stereocenters. The summed E-state index contributed by atoms with van der Waals surface area (Å²) in [4.78, 5) is 26.0. The van der Waals surface area contributed by atoms with E-state index in [4.69, 9.17) is 17.3 Å². The number of hydrogen-bond acceptors (Lipinski definition) is 5. The number of hydrogen-bond donors (Lipinski definition) is 2. The number of carbonyl (C=O) groups is 2. The van der Waals surface area contributed by atoms with Crippen molar-refractivity contribution < 1.29 is 14.0 Å². The number of nitriles is 1. The number of likely N-dealkylation sites (tertiary alicyclic amines) is 1. The van der Waals surface area contributed by atoms with E-state index in [-0.39, 0.29) is 36.5 Å². The Morgan fingerprint density at radius 2 is 1.97 bits per heavy atom. The number of benzene rings is 1. The number of nitrogens with two attached hydrogens (primary N) is 1. The number of aromatic nitrogens is 2. The van der Waals surface area contributed by atoms with Crippen molar-refractivity contribution >= 4 is 34.9 Å². The number of alkyl halides is 1. The van der Waals surface area contributed by atoms with E-state index in [1.807, 2.05) is 0 Å². The van der Waals surface area contributed by atoms with Crippen LogP contribution in [0.15, 0.2) is 30.5 Å². The molecule has 2 amide bonds. The minimum atomic E-state index is -0.949. The Morgan fingerprint density at radius 3 is 2.58 bits per heavy atom. The van der Waals surface area contributed by atoms with Crippen molar-refractivity contribution in [3.8, 4) is 6.07 Å². The Bertz CT molecular complexity index is 1030. The number of anilines is 2. The summed E-state index contributed by atoms with van der Waals surface area (Å²) in [7, 11) is 0. The van der Waals surface area contributed by atoms with Crippen molar-refractivity contribution in [3.63, 3.8) is 0 Å². The zero-order valence-corrected chi connectivity index (χ0v) is 17.4. The van der Waals surface area contributed by atoms with E-state index in [1.165, 1.54) is 4.90 Å². The number of carbonyl (C=O) groups excluding carboxylic acids is 2. The van der Waals surface area contributed by atoms with Gasteiger partial charge in [0.15, 0.2) is 5.82 Å². The molecule has 1 aromatic carbocycles. The lowest BCUT2D eigenvalue weighted by Crippen LogP contribution is -2.54. The molecule has 0 bridgehead atoms. The van der Waals surface area contributed by atoms with Crippen LogP contribution in [-0.4, -0.2) is 45.8 Å². The second-order valence-electron chi connectivity index (χ2n) is 8.02. The number of amides is 2. The molecule has 8 nitrogen and oxygen atoms in total. The van der Waals surface area contributed by atoms with Crippen LogP contribution >= 0.6 is 11.6 Å². The summed E-state index contributed by atoms with van der Waals surface area (Å²) < 4.78 is 14.7. The standard InChI is InChI=1S/C21H22ClFN6O2/c22-14-2-4-16(5-3-14)26-20-17(19(25)30)11-29(27-20)18-6-1-12(7-13(18)8-24)21(31)28-9-15(23)10-28/h2-5,11-13,15,18H,1,6-7,9-10H2,(H2,25,30)(H,26,27). The van der Waals surface area contributed by atoms with Gasteiger partial charge in [-0.3, -0.25) is 14.3 Å². The topological polar surface area (TPSA) is 117 Å². The van der Waals surface area contributed by atoms with Crippen LogP contribution in [0.3, 0.4) is 0 Å². The maximum absolute atomic E-state index is 13.1. The molecular weight excluding hydrogens is 423 g/mol.